The van der Waals surface area contributed by atoms with Gasteiger partial charge in [0, 0.05) is 20.8 Å². The molecule has 2 aromatic carbocycles. The summed E-state index contributed by atoms with van der Waals surface area (Å²) in [7, 11) is 3.08. The largest absolute Gasteiger partial charge is 0.490 e. The number of fused-ring (bicyclic) bond motifs is 1. The fourth-order valence-corrected chi connectivity index (χ4v) is 5.48. The van der Waals surface area contributed by atoms with Crippen molar-refractivity contribution in [2.75, 3.05) is 47.1 Å². The highest BCUT2D eigenvalue weighted by atomic mass is 79.9. The summed E-state index contributed by atoms with van der Waals surface area (Å²) in [5.41, 5.74) is 3.04. The molecule has 0 radical (unpaired) electrons. The van der Waals surface area contributed by atoms with Crippen molar-refractivity contribution < 1.29 is 34.0 Å². The molecule has 0 saturated carbocycles. The third-order valence-corrected chi connectivity index (χ3v) is 7.81. The van der Waals surface area contributed by atoms with Crippen LogP contribution in [0.25, 0.3) is 0 Å². The van der Waals surface area contributed by atoms with E-state index in [4.69, 9.17) is 24.1 Å². The number of halogens is 1. The summed E-state index contributed by atoms with van der Waals surface area (Å²) in [6.07, 6.45) is 3.16. The number of hydrogen-bond donors (Lipinski definition) is 2. The molecule has 4 rings (SSSR count). The first-order valence-electron chi connectivity index (χ1n) is 12.2. The van der Waals surface area contributed by atoms with E-state index in [0.717, 1.165) is 66.5 Å². The zero-order chi connectivity index (χ0) is 25.7. The van der Waals surface area contributed by atoms with Gasteiger partial charge in [-0.15, -0.1) is 0 Å². The van der Waals surface area contributed by atoms with E-state index in [1.807, 2.05) is 24.3 Å². The highest BCUT2D eigenvalue weighted by Crippen LogP contribution is 2.41. The molecule has 1 fully saturated rings. The number of methoxy groups -OCH3 is 2. The van der Waals surface area contributed by atoms with Gasteiger partial charge in [-0.05, 0) is 96.0 Å². The van der Waals surface area contributed by atoms with Gasteiger partial charge in [0.1, 0.15) is 24.2 Å². The van der Waals surface area contributed by atoms with Gasteiger partial charge in [0.2, 0.25) is 5.79 Å². The molecule has 0 bridgehead atoms. The molecule has 2 aromatic rings. The average Bonchev–Trinajstić information content (AvgIpc) is 2.88. The van der Waals surface area contributed by atoms with Crippen molar-refractivity contribution in [1.82, 2.24) is 4.90 Å². The Bertz CT molecular complexity index is 1050. The predicted molar refractivity (Wildman–Crippen MR) is 137 cm³/mol. The minimum Gasteiger partial charge on any atom is -0.490 e. The summed E-state index contributed by atoms with van der Waals surface area (Å²) in [4.78, 5) is 13.3. The maximum atomic E-state index is 10.8. The van der Waals surface area contributed by atoms with Crippen LogP contribution in [-0.4, -0.2) is 74.3 Å². The van der Waals surface area contributed by atoms with Crippen LogP contribution in [0, 0.1) is 5.92 Å². The van der Waals surface area contributed by atoms with E-state index in [1.54, 1.807) is 0 Å². The molecule has 36 heavy (non-hydrogen) atoms. The molecule has 2 aliphatic rings. The predicted octanol–water partition coefficient (Wildman–Crippen LogP) is 3.61. The van der Waals surface area contributed by atoms with Crippen LogP contribution in [-0.2, 0) is 32.9 Å². The van der Waals surface area contributed by atoms with E-state index in [1.165, 1.54) is 14.2 Å². The Hall–Kier alpha value is -2.17. The van der Waals surface area contributed by atoms with Crippen LogP contribution in [0.2, 0.25) is 0 Å². The molecular formula is C27H34BrNO7. The van der Waals surface area contributed by atoms with E-state index in [2.05, 4.69) is 33.0 Å². The van der Waals surface area contributed by atoms with Crippen LogP contribution >= 0.6 is 15.9 Å². The van der Waals surface area contributed by atoms with Gasteiger partial charge >= 0.3 is 5.97 Å². The van der Waals surface area contributed by atoms with Crippen molar-refractivity contribution in [1.29, 1.82) is 0 Å². The molecule has 9 heteroatoms. The Morgan fingerprint density at radius 1 is 1.14 bits per heavy atom. The molecule has 1 atom stereocenters. The molecule has 196 valence electrons. The highest BCUT2D eigenvalue weighted by Gasteiger charge is 2.46. The van der Waals surface area contributed by atoms with Gasteiger partial charge in [-0.1, -0.05) is 12.1 Å². The SMILES string of the molecule is COC1(OC)c2cc(CCN3CCC(Cc4ccc(Br)c(OCC(=O)O)c4)CC3)ccc2OCC1O. The first-order chi connectivity index (χ1) is 17.3. The number of ether oxygens (including phenoxy) is 4. The van der Waals surface area contributed by atoms with Crippen LogP contribution in [0.5, 0.6) is 11.5 Å². The van der Waals surface area contributed by atoms with E-state index in [9.17, 15) is 9.90 Å². The molecule has 0 amide bonds. The van der Waals surface area contributed by atoms with Crippen LogP contribution in [0.1, 0.15) is 29.5 Å². The summed E-state index contributed by atoms with van der Waals surface area (Å²) in [6.45, 7) is 2.80. The van der Waals surface area contributed by atoms with E-state index >= 15 is 0 Å². The fourth-order valence-electron chi connectivity index (χ4n) is 5.12. The Labute approximate surface area is 220 Å². The Balaban J connectivity index is 1.30. The van der Waals surface area contributed by atoms with Gasteiger partial charge < -0.3 is 34.1 Å². The van der Waals surface area contributed by atoms with Crippen molar-refractivity contribution in [3.63, 3.8) is 0 Å². The normalized spacial score (nSPS) is 19.9. The molecule has 1 saturated heterocycles. The third-order valence-electron chi connectivity index (χ3n) is 7.16. The second-order valence-electron chi connectivity index (χ2n) is 9.42. The molecule has 2 aliphatic heterocycles. The van der Waals surface area contributed by atoms with Crippen molar-refractivity contribution in [3.8, 4) is 11.5 Å². The van der Waals surface area contributed by atoms with Gasteiger partial charge in [-0.3, -0.25) is 0 Å². The van der Waals surface area contributed by atoms with Gasteiger partial charge in [-0.2, -0.15) is 0 Å². The average molecular weight is 564 g/mol. The van der Waals surface area contributed by atoms with Gasteiger partial charge in [0.25, 0.3) is 0 Å². The van der Waals surface area contributed by atoms with Gasteiger partial charge in [0.15, 0.2) is 6.61 Å². The van der Waals surface area contributed by atoms with E-state index in [-0.39, 0.29) is 13.2 Å². The number of carbonyl (C=O) groups is 1. The molecule has 1 unspecified atom stereocenters. The number of hydrogen-bond acceptors (Lipinski definition) is 7. The number of aliphatic hydroxyl groups excluding tert-OH is 1. The van der Waals surface area contributed by atoms with Gasteiger partial charge in [-0.25, -0.2) is 4.79 Å². The fraction of sp³-hybridized carbons (Fsp3) is 0.519. The number of carboxylic acids is 1. The molecule has 2 N–H and O–H groups in total. The van der Waals surface area contributed by atoms with Gasteiger partial charge in [0.05, 0.1) is 10.0 Å². The first-order valence-corrected chi connectivity index (χ1v) is 13.0. The number of likely N-dealkylation sites (tertiary alicyclic amines) is 1. The Kier molecular flexibility index (Phi) is 8.90. The van der Waals surface area contributed by atoms with E-state index in [0.29, 0.717) is 17.4 Å². The van der Waals surface area contributed by atoms with Crippen molar-refractivity contribution in [2.45, 2.75) is 37.6 Å². The lowest BCUT2D eigenvalue weighted by Gasteiger charge is -2.40. The number of carboxylic acid groups (broad SMARTS) is 1. The number of aliphatic hydroxyl groups is 1. The second kappa shape index (κ2) is 11.9. The number of rotatable bonds is 10. The van der Waals surface area contributed by atoms with Crippen LogP contribution in [0.4, 0.5) is 0 Å². The second-order valence-corrected chi connectivity index (χ2v) is 10.3. The summed E-state index contributed by atoms with van der Waals surface area (Å²) in [5, 5.41) is 19.4. The van der Waals surface area contributed by atoms with Crippen LogP contribution < -0.4 is 9.47 Å². The first kappa shape index (κ1) is 26.9. The minimum atomic E-state index is -1.21. The highest BCUT2D eigenvalue weighted by molar-refractivity contribution is 9.10. The topological polar surface area (TPSA) is 97.7 Å². The molecule has 2 heterocycles. The lowest BCUT2D eigenvalue weighted by Crippen LogP contribution is -2.49. The summed E-state index contributed by atoms with van der Waals surface area (Å²) in [5.74, 6) is -0.369. The Morgan fingerprint density at radius 2 is 1.86 bits per heavy atom. The zero-order valence-electron chi connectivity index (χ0n) is 20.7. The molecule has 8 nitrogen and oxygen atoms in total. The maximum absolute atomic E-state index is 10.8. The van der Waals surface area contributed by atoms with Crippen molar-refractivity contribution in [3.05, 3.63) is 57.6 Å². The number of aliphatic carboxylic acids is 1. The monoisotopic (exact) mass is 563 g/mol. The smallest absolute Gasteiger partial charge is 0.341 e. The number of piperidine rings is 1. The standard InChI is InChI=1S/C27H34BrNO7/c1-33-27(34-2)21-14-18(4-6-23(21)35-16-25(27)30)7-10-29-11-8-19(9-12-29)13-20-3-5-22(28)24(15-20)36-17-26(31)32/h3-6,14-15,19,25,30H,7-13,16-17H2,1-2H3,(H,31,32). The number of benzene rings is 2. The molecule has 0 aromatic heterocycles. The van der Waals surface area contributed by atoms with Crippen molar-refractivity contribution >= 4 is 21.9 Å². The van der Waals surface area contributed by atoms with Crippen LogP contribution in [0.3, 0.4) is 0 Å². The van der Waals surface area contributed by atoms with Crippen molar-refractivity contribution in [2.24, 2.45) is 5.92 Å². The third kappa shape index (κ3) is 6.03. The minimum absolute atomic E-state index is 0.125. The lowest BCUT2D eigenvalue weighted by molar-refractivity contribution is -0.281. The van der Waals surface area contributed by atoms with Crippen LogP contribution in [0.15, 0.2) is 40.9 Å². The summed E-state index contributed by atoms with van der Waals surface area (Å²) < 4.78 is 23.1. The Morgan fingerprint density at radius 3 is 2.56 bits per heavy atom. The van der Waals surface area contributed by atoms with E-state index < -0.39 is 17.9 Å². The zero-order valence-corrected chi connectivity index (χ0v) is 22.3. The summed E-state index contributed by atoms with van der Waals surface area (Å²) >= 11 is 3.43. The molecule has 0 spiro atoms. The molecule has 0 aliphatic carbocycles. The summed E-state index contributed by atoms with van der Waals surface area (Å²) in [6, 6.07) is 12.0. The molecular weight excluding hydrogens is 530 g/mol. The lowest BCUT2D eigenvalue weighted by atomic mass is 9.90. The number of nitrogens with zero attached hydrogens (tertiary/aromatic N) is 1. The maximum Gasteiger partial charge on any atom is 0.341 e. The quantitative estimate of drug-likeness (QED) is 0.423.